The van der Waals surface area contributed by atoms with E-state index < -0.39 is 17.6 Å². The Balaban J connectivity index is 1.49. The van der Waals surface area contributed by atoms with Crippen LogP contribution >= 0.6 is 0 Å². The lowest BCUT2D eigenvalue weighted by atomic mass is 9.68. The summed E-state index contributed by atoms with van der Waals surface area (Å²) in [5.41, 5.74) is -0.479. The smallest absolute Gasteiger partial charge is 0.251 e. The van der Waals surface area contributed by atoms with Gasteiger partial charge in [-0.15, -0.1) is 0 Å². The highest BCUT2D eigenvalue weighted by atomic mass is 19.4. The van der Waals surface area contributed by atoms with Gasteiger partial charge in [0.2, 0.25) is 0 Å². The van der Waals surface area contributed by atoms with Crippen molar-refractivity contribution in [2.75, 3.05) is 6.67 Å². The number of benzene rings is 1. The molecule has 5 heteroatoms. The summed E-state index contributed by atoms with van der Waals surface area (Å²) in [6.07, 6.45) is 8.72. The molecule has 0 nitrogen and oxygen atoms in total. The predicted octanol–water partition coefficient (Wildman–Crippen LogP) is 7.84. The molecule has 1 aromatic carbocycles. The maximum Gasteiger partial charge on any atom is 0.419 e. The normalized spacial score (nSPS) is 29.3. The first-order valence-electron chi connectivity index (χ1n) is 10.5. The van der Waals surface area contributed by atoms with E-state index in [-0.39, 0.29) is 12.6 Å². The summed E-state index contributed by atoms with van der Waals surface area (Å²) in [7, 11) is 0. The highest BCUT2D eigenvalue weighted by molar-refractivity contribution is 5.29. The summed E-state index contributed by atoms with van der Waals surface area (Å²) in [5, 5.41) is 0. The number of halogens is 5. The van der Waals surface area contributed by atoms with E-state index in [9.17, 15) is 22.0 Å². The fourth-order valence-electron chi connectivity index (χ4n) is 5.10. The quantitative estimate of drug-likeness (QED) is 0.349. The first-order valence-corrected chi connectivity index (χ1v) is 10.5. The Bertz CT molecular complexity index is 647. The van der Waals surface area contributed by atoms with Crippen LogP contribution in [0, 0.1) is 23.6 Å². The molecular weight excluding hydrogens is 371 g/mol. The minimum Gasteiger partial charge on any atom is -0.251 e. The summed E-state index contributed by atoms with van der Waals surface area (Å²) >= 11 is 0. The number of alkyl halides is 4. The lowest BCUT2D eigenvalue weighted by molar-refractivity contribution is -0.140. The lowest BCUT2D eigenvalue weighted by Crippen LogP contribution is -2.25. The van der Waals surface area contributed by atoms with Crippen LogP contribution in [0.4, 0.5) is 22.0 Å². The number of hydrogen-bond donors (Lipinski definition) is 0. The average Bonchev–Trinajstić information content (AvgIpc) is 2.68. The highest BCUT2D eigenvalue weighted by Gasteiger charge is 2.35. The van der Waals surface area contributed by atoms with Crippen LogP contribution in [-0.2, 0) is 6.18 Å². The van der Waals surface area contributed by atoms with Crippen molar-refractivity contribution < 1.29 is 22.0 Å². The number of allylic oxidation sites excluding steroid dienone is 2. The standard InChI is InChI=1S/C23H29F5/c24-14-2-1-3-16-4-6-17(7-5-16)18-8-10-19(11-9-18)20-12-13-21(22(25)15-20)23(26,27)28/h1,3,12-13,15-19H,2,4-11,14H2/b3-1+. The van der Waals surface area contributed by atoms with Crippen LogP contribution in [-0.4, -0.2) is 6.67 Å². The van der Waals surface area contributed by atoms with Gasteiger partial charge in [0.05, 0.1) is 12.2 Å². The van der Waals surface area contributed by atoms with Crippen molar-refractivity contribution in [1.82, 2.24) is 0 Å². The molecule has 0 aliphatic heterocycles. The third-order valence-electron chi connectivity index (χ3n) is 6.71. The minimum absolute atomic E-state index is 0.160. The SMILES string of the molecule is FCC/C=C/C1CCC(C2CCC(c3ccc(C(F)(F)F)c(F)c3)CC2)CC1. The van der Waals surface area contributed by atoms with Gasteiger partial charge in [-0.05, 0) is 99.2 Å². The van der Waals surface area contributed by atoms with E-state index in [1.54, 1.807) is 0 Å². The molecule has 0 bridgehead atoms. The van der Waals surface area contributed by atoms with Crippen LogP contribution in [0.3, 0.4) is 0 Å². The Hall–Kier alpha value is -1.39. The molecule has 2 fully saturated rings. The second kappa shape index (κ2) is 9.41. The molecule has 0 unspecified atom stereocenters. The zero-order chi connectivity index (χ0) is 20.1. The third-order valence-corrected chi connectivity index (χ3v) is 6.71. The zero-order valence-corrected chi connectivity index (χ0v) is 16.2. The molecule has 0 radical (unpaired) electrons. The summed E-state index contributed by atoms with van der Waals surface area (Å²) in [6, 6.07) is 3.42. The van der Waals surface area contributed by atoms with Gasteiger partial charge in [-0.1, -0.05) is 18.2 Å². The van der Waals surface area contributed by atoms with Gasteiger partial charge in [0.15, 0.2) is 0 Å². The van der Waals surface area contributed by atoms with Crippen LogP contribution in [0.1, 0.15) is 74.8 Å². The van der Waals surface area contributed by atoms with Crippen molar-refractivity contribution in [3.63, 3.8) is 0 Å². The molecular formula is C23H29F5. The molecule has 0 saturated heterocycles. The molecule has 1 aromatic rings. The van der Waals surface area contributed by atoms with Crippen LogP contribution in [0.2, 0.25) is 0 Å². The fraction of sp³-hybridized carbons (Fsp3) is 0.652. The predicted molar refractivity (Wildman–Crippen MR) is 101 cm³/mol. The van der Waals surface area contributed by atoms with Crippen LogP contribution < -0.4 is 0 Å². The molecule has 156 valence electrons. The summed E-state index contributed by atoms with van der Waals surface area (Å²) in [6.45, 7) is -0.294. The molecule has 3 rings (SSSR count). The second-order valence-electron chi connectivity index (χ2n) is 8.43. The number of rotatable bonds is 5. The summed E-state index contributed by atoms with van der Waals surface area (Å²) in [4.78, 5) is 0. The second-order valence-corrected chi connectivity index (χ2v) is 8.43. The highest BCUT2D eigenvalue weighted by Crippen LogP contribution is 2.44. The molecule has 2 saturated carbocycles. The number of hydrogen-bond acceptors (Lipinski definition) is 0. The Kier molecular flexibility index (Phi) is 7.16. The summed E-state index contributed by atoms with van der Waals surface area (Å²) < 4.78 is 64.2. The van der Waals surface area contributed by atoms with E-state index in [1.165, 1.54) is 18.9 Å². The average molecular weight is 400 g/mol. The van der Waals surface area contributed by atoms with Crippen molar-refractivity contribution >= 4 is 0 Å². The van der Waals surface area contributed by atoms with Crippen molar-refractivity contribution in [3.05, 3.63) is 47.3 Å². The van der Waals surface area contributed by atoms with Gasteiger partial charge < -0.3 is 0 Å². The molecule has 2 aliphatic rings. The largest absolute Gasteiger partial charge is 0.419 e. The van der Waals surface area contributed by atoms with Gasteiger partial charge in [0.25, 0.3) is 0 Å². The molecule has 0 N–H and O–H groups in total. The van der Waals surface area contributed by atoms with Gasteiger partial charge in [-0.25, -0.2) is 4.39 Å². The third kappa shape index (κ3) is 5.36. The van der Waals surface area contributed by atoms with Gasteiger partial charge in [-0.2, -0.15) is 13.2 Å². The molecule has 28 heavy (non-hydrogen) atoms. The van der Waals surface area contributed by atoms with Gasteiger partial charge in [0.1, 0.15) is 5.82 Å². The van der Waals surface area contributed by atoms with Crippen LogP contribution in [0.25, 0.3) is 0 Å². The fourth-order valence-corrected chi connectivity index (χ4v) is 5.10. The monoisotopic (exact) mass is 400 g/mol. The molecule has 0 aromatic heterocycles. The van der Waals surface area contributed by atoms with Gasteiger partial charge in [0, 0.05) is 0 Å². The van der Waals surface area contributed by atoms with Gasteiger partial charge in [-0.3, -0.25) is 4.39 Å². The zero-order valence-electron chi connectivity index (χ0n) is 16.2. The molecule has 2 aliphatic carbocycles. The van der Waals surface area contributed by atoms with Crippen LogP contribution in [0.5, 0.6) is 0 Å². The van der Waals surface area contributed by atoms with Crippen molar-refractivity contribution in [1.29, 1.82) is 0 Å². The van der Waals surface area contributed by atoms with E-state index in [0.717, 1.165) is 56.6 Å². The molecule has 0 spiro atoms. The maximum absolute atomic E-state index is 13.9. The lowest BCUT2D eigenvalue weighted by Gasteiger charge is -2.37. The van der Waals surface area contributed by atoms with Crippen molar-refractivity contribution in [2.24, 2.45) is 17.8 Å². The Morgan fingerprint density at radius 3 is 2.04 bits per heavy atom. The van der Waals surface area contributed by atoms with Crippen molar-refractivity contribution in [2.45, 2.75) is 69.9 Å². The van der Waals surface area contributed by atoms with E-state index in [1.807, 2.05) is 6.08 Å². The van der Waals surface area contributed by atoms with E-state index in [0.29, 0.717) is 23.8 Å². The van der Waals surface area contributed by atoms with E-state index >= 15 is 0 Å². The Labute approximate surface area is 164 Å². The van der Waals surface area contributed by atoms with Crippen LogP contribution in [0.15, 0.2) is 30.4 Å². The minimum atomic E-state index is -4.64. The van der Waals surface area contributed by atoms with Gasteiger partial charge >= 0.3 is 6.18 Å². The first kappa shape index (κ1) is 21.3. The van der Waals surface area contributed by atoms with E-state index in [4.69, 9.17) is 0 Å². The summed E-state index contributed by atoms with van der Waals surface area (Å²) in [5.74, 6) is 0.968. The first-order chi connectivity index (χ1) is 13.4. The van der Waals surface area contributed by atoms with Crippen molar-refractivity contribution in [3.8, 4) is 0 Å². The molecule has 0 amide bonds. The van der Waals surface area contributed by atoms with E-state index in [2.05, 4.69) is 6.08 Å². The Morgan fingerprint density at radius 1 is 0.893 bits per heavy atom. The molecule has 0 atom stereocenters. The maximum atomic E-state index is 13.9. The molecule has 0 heterocycles. The topological polar surface area (TPSA) is 0 Å². The Morgan fingerprint density at radius 2 is 1.50 bits per heavy atom.